The van der Waals surface area contributed by atoms with Gasteiger partial charge in [-0.05, 0) is 48.5 Å². The van der Waals surface area contributed by atoms with Crippen LogP contribution in [0.4, 0.5) is 4.39 Å². The molecule has 0 aromatic heterocycles. The van der Waals surface area contributed by atoms with E-state index in [1.165, 1.54) is 5.57 Å². The largest absolute Gasteiger partial charge is 0.207 e. The minimum Gasteiger partial charge on any atom is -0.207 e. The Labute approximate surface area is 122 Å². The van der Waals surface area contributed by atoms with Gasteiger partial charge < -0.3 is 0 Å². The average Bonchev–Trinajstić information content (AvgIpc) is 2.38. The molecule has 0 radical (unpaired) electrons. The third-order valence-corrected chi connectivity index (χ3v) is 3.50. The highest BCUT2D eigenvalue weighted by atomic mass is 19.1. The lowest BCUT2D eigenvalue weighted by Crippen LogP contribution is -2.07. The molecule has 0 bridgehead atoms. The van der Waals surface area contributed by atoms with E-state index in [0.29, 0.717) is 11.8 Å². The van der Waals surface area contributed by atoms with Crippen LogP contribution in [0.15, 0.2) is 71.7 Å². The molecule has 0 heterocycles. The summed E-state index contributed by atoms with van der Waals surface area (Å²) in [5, 5.41) is 0. The molecule has 1 aliphatic rings. The molecule has 0 aromatic rings. The normalized spacial score (nSPS) is 29.0. The summed E-state index contributed by atoms with van der Waals surface area (Å²) in [5.41, 5.74) is 3.09. The van der Waals surface area contributed by atoms with E-state index in [2.05, 4.69) is 33.4 Å². The number of allylic oxidation sites excluding steroid dienone is 11. The lowest BCUT2D eigenvalue weighted by molar-refractivity contribution is 0.573. The van der Waals surface area contributed by atoms with E-state index in [0.717, 1.165) is 17.6 Å². The van der Waals surface area contributed by atoms with Gasteiger partial charge in [-0.2, -0.15) is 0 Å². The molecule has 1 atom stereocenters. The summed E-state index contributed by atoms with van der Waals surface area (Å²) < 4.78 is 14.2. The molecule has 0 N–H and O–H groups in total. The van der Waals surface area contributed by atoms with Gasteiger partial charge >= 0.3 is 0 Å². The third kappa shape index (κ3) is 4.48. The molecule has 1 heteroatoms. The number of hydrogen-bond donors (Lipinski definition) is 0. The molecule has 0 saturated carbocycles. The van der Waals surface area contributed by atoms with Gasteiger partial charge in [0.25, 0.3) is 0 Å². The van der Waals surface area contributed by atoms with Crippen molar-refractivity contribution in [3.05, 3.63) is 71.7 Å². The molecule has 0 nitrogen and oxygen atoms in total. The van der Waals surface area contributed by atoms with Gasteiger partial charge in [-0.25, -0.2) is 4.39 Å². The second-order valence-electron chi connectivity index (χ2n) is 5.48. The van der Waals surface area contributed by atoms with Crippen molar-refractivity contribution in [1.82, 2.24) is 0 Å². The molecule has 0 spiro atoms. The molecule has 0 amide bonds. The maximum Gasteiger partial charge on any atom is 0.123 e. The molecular formula is C19H25F. The summed E-state index contributed by atoms with van der Waals surface area (Å²) in [6, 6.07) is 0. The topological polar surface area (TPSA) is 0 Å². The van der Waals surface area contributed by atoms with Crippen LogP contribution in [-0.4, -0.2) is 0 Å². The zero-order valence-corrected chi connectivity index (χ0v) is 13.0. The predicted molar refractivity (Wildman–Crippen MR) is 87.1 cm³/mol. The van der Waals surface area contributed by atoms with Crippen LogP contribution in [0.1, 0.15) is 34.1 Å². The zero-order chi connectivity index (χ0) is 15.1. The molecule has 20 heavy (non-hydrogen) atoms. The van der Waals surface area contributed by atoms with Gasteiger partial charge in [0, 0.05) is 0 Å². The van der Waals surface area contributed by atoms with Crippen molar-refractivity contribution in [2.45, 2.75) is 34.1 Å². The molecular weight excluding hydrogens is 247 g/mol. The molecule has 108 valence electrons. The summed E-state index contributed by atoms with van der Waals surface area (Å²) in [5.74, 6) is 0.559. The van der Waals surface area contributed by atoms with Crippen LogP contribution in [0.3, 0.4) is 0 Å². The Morgan fingerprint density at radius 1 is 1.40 bits per heavy atom. The van der Waals surface area contributed by atoms with Crippen molar-refractivity contribution in [3.63, 3.8) is 0 Å². The average molecular weight is 272 g/mol. The van der Waals surface area contributed by atoms with Crippen LogP contribution in [-0.2, 0) is 0 Å². The first kappa shape index (κ1) is 16.4. The van der Waals surface area contributed by atoms with Crippen LogP contribution in [0.25, 0.3) is 0 Å². The second-order valence-corrected chi connectivity index (χ2v) is 5.48. The van der Waals surface area contributed by atoms with E-state index < -0.39 is 0 Å². The van der Waals surface area contributed by atoms with Crippen LogP contribution >= 0.6 is 0 Å². The SMILES string of the molecule is C=C/C=C(\C=C/C)C1=C\CC(C)/C(C(C)C)=C\C(F)=C\1. The first-order valence-electron chi connectivity index (χ1n) is 7.24. The molecule has 0 fully saturated rings. The minimum absolute atomic E-state index is 0.175. The Morgan fingerprint density at radius 3 is 2.65 bits per heavy atom. The lowest BCUT2D eigenvalue weighted by atomic mass is 9.86. The van der Waals surface area contributed by atoms with Gasteiger partial charge in [-0.15, -0.1) is 0 Å². The fourth-order valence-electron chi connectivity index (χ4n) is 2.48. The van der Waals surface area contributed by atoms with Crippen LogP contribution in [0.5, 0.6) is 0 Å². The maximum absolute atomic E-state index is 14.2. The van der Waals surface area contributed by atoms with Crippen molar-refractivity contribution in [1.29, 1.82) is 0 Å². The van der Waals surface area contributed by atoms with Gasteiger partial charge in [0.1, 0.15) is 5.83 Å². The van der Waals surface area contributed by atoms with Gasteiger partial charge in [0.2, 0.25) is 0 Å². The summed E-state index contributed by atoms with van der Waals surface area (Å²) >= 11 is 0. The van der Waals surface area contributed by atoms with Crippen molar-refractivity contribution in [3.8, 4) is 0 Å². The number of hydrogen-bond acceptors (Lipinski definition) is 0. The highest BCUT2D eigenvalue weighted by molar-refractivity contribution is 5.50. The summed E-state index contributed by atoms with van der Waals surface area (Å²) in [4.78, 5) is 0. The molecule has 1 unspecified atom stereocenters. The lowest BCUT2D eigenvalue weighted by Gasteiger charge is -2.20. The fraction of sp³-hybridized carbons (Fsp3) is 0.368. The highest BCUT2D eigenvalue weighted by Crippen LogP contribution is 2.29. The number of halogens is 1. The first-order valence-corrected chi connectivity index (χ1v) is 7.24. The molecule has 0 saturated heterocycles. The molecule has 1 rings (SSSR count). The van der Waals surface area contributed by atoms with Crippen molar-refractivity contribution >= 4 is 0 Å². The first-order chi connectivity index (χ1) is 9.49. The Kier molecular flexibility index (Phi) is 6.44. The summed E-state index contributed by atoms with van der Waals surface area (Å²) in [6.45, 7) is 12.1. The zero-order valence-electron chi connectivity index (χ0n) is 13.0. The van der Waals surface area contributed by atoms with Crippen molar-refractivity contribution < 1.29 is 4.39 Å². The Morgan fingerprint density at radius 2 is 2.10 bits per heavy atom. The molecule has 0 aliphatic heterocycles. The Bertz CT molecular complexity index is 496. The van der Waals surface area contributed by atoms with Crippen LogP contribution in [0.2, 0.25) is 0 Å². The third-order valence-electron chi connectivity index (χ3n) is 3.50. The second kappa shape index (κ2) is 7.84. The van der Waals surface area contributed by atoms with Gasteiger partial charge in [0.15, 0.2) is 0 Å². The maximum atomic E-state index is 14.2. The predicted octanol–water partition coefficient (Wildman–Crippen LogP) is 6.08. The number of rotatable bonds is 4. The summed E-state index contributed by atoms with van der Waals surface area (Å²) in [7, 11) is 0. The van der Waals surface area contributed by atoms with Gasteiger partial charge in [-0.1, -0.05) is 63.3 Å². The van der Waals surface area contributed by atoms with Crippen LogP contribution < -0.4 is 0 Å². The summed E-state index contributed by atoms with van der Waals surface area (Å²) in [6.07, 6.45) is 13.9. The van der Waals surface area contributed by atoms with E-state index in [-0.39, 0.29) is 5.83 Å². The van der Waals surface area contributed by atoms with Crippen molar-refractivity contribution in [2.24, 2.45) is 11.8 Å². The van der Waals surface area contributed by atoms with Crippen LogP contribution in [0, 0.1) is 11.8 Å². The fourth-order valence-corrected chi connectivity index (χ4v) is 2.48. The smallest absolute Gasteiger partial charge is 0.123 e. The Hall–Kier alpha value is -1.63. The van der Waals surface area contributed by atoms with E-state index in [9.17, 15) is 4.39 Å². The minimum atomic E-state index is -0.175. The van der Waals surface area contributed by atoms with Gasteiger partial charge in [-0.3, -0.25) is 0 Å². The Balaban J connectivity index is 3.23. The highest BCUT2D eigenvalue weighted by Gasteiger charge is 2.15. The van der Waals surface area contributed by atoms with E-state index >= 15 is 0 Å². The molecule has 0 aromatic carbocycles. The van der Waals surface area contributed by atoms with E-state index in [4.69, 9.17) is 0 Å². The standard InChI is InChI=1S/C19H25F/c1-6-8-16(9-7-2)17-11-10-15(5)19(14(3)4)13-18(20)12-17/h6-9,11-15H,1,10H2,2-5H3/b9-7-,16-8+,17-11-,18-12-,19-13-. The van der Waals surface area contributed by atoms with E-state index in [1.807, 2.05) is 25.2 Å². The van der Waals surface area contributed by atoms with Crippen molar-refractivity contribution in [2.75, 3.05) is 0 Å². The quantitative estimate of drug-likeness (QED) is 0.544. The van der Waals surface area contributed by atoms with E-state index in [1.54, 1.807) is 18.2 Å². The van der Waals surface area contributed by atoms with Gasteiger partial charge in [0.05, 0.1) is 0 Å². The monoisotopic (exact) mass is 272 g/mol. The molecule has 1 aliphatic carbocycles.